The van der Waals surface area contributed by atoms with Crippen LogP contribution in [0, 0.1) is 5.82 Å². The van der Waals surface area contributed by atoms with Gasteiger partial charge in [-0.1, -0.05) is 30.3 Å². The summed E-state index contributed by atoms with van der Waals surface area (Å²) in [6.07, 6.45) is 3.49. The van der Waals surface area contributed by atoms with Crippen LogP contribution in [-0.2, 0) is 6.42 Å². The average molecular weight is 399 g/mol. The molecule has 0 aromatic heterocycles. The van der Waals surface area contributed by atoms with E-state index in [9.17, 15) is 4.39 Å². The van der Waals surface area contributed by atoms with Crippen molar-refractivity contribution >= 4 is 30.5 Å². The van der Waals surface area contributed by atoms with E-state index in [0.29, 0.717) is 6.04 Å². The summed E-state index contributed by atoms with van der Waals surface area (Å²) < 4.78 is 13.1. The maximum Gasteiger partial charge on any atom is 0.123 e. The number of rotatable bonds is 6. The summed E-state index contributed by atoms with van der Waals surface area (Å²) in [5, 5.41) is 0. The first-order chi connectivity index (χ1) is 11.8. The minimum absolute atomic E-state index is 0. The number of piperidine rings is 1. The first-order valence-corrected chi connectivity index (χ1v) is 9.04. The molecule has 26 heavy (non-hydrogen) atoms. The molecule has 0 bridgehead atoms. The monoisotopic (exact) mass is 398 g/mol. The molecule has 1 heterocycles. The molecular weight excluding hydrogens is 370 g/mol. The summed E-state index contributed by atoms with van der Waals surface area (Å²) in [5.41, 5.74) is 2.56. The van der Waals surface area contributed by atoms with Gasteiger partial charge < -0.3 is 9.80 Å². The van der Waals surface area contributed by atoms with Gasteiger partial charge in [0.15, 0.2) is 0 Å². The lowest BCUT2D eigenvalue weighted by atomic mass is 10.0. The highest BCUT2D eigenvalue weighted by Gasteiger charge is 2.23. The Bertz CT molecular complexity index is 614. The lowest BCUT2D eigenvalue weighted by Crippen LogP contribution is -2.45. The van der Waals surface area contributed by atoms with Crippen molar-refractivity contribution in [2.24, 2.45) is 0 Å². The normalized spacial score (nSPS) is 15.0. The molecule has 0 spiro atoms. The van der Waals surface area contributed by atoms with Crippen LogP contribution in [0.3, 0.4) is 0 Å². The maximum absolute atomic E-state index is 13.1. The Labute approximate surface area is 169 Å². The molecule has 0 aliphatic carbocycles. The smallest absolute Gasteiger partial charge is 0.123 e. The van der Waals surface area contributed by atoms with Crippen molar-refractivity contribution in [2.75, 3.05) is 31.1 Å². The summed E-state index contributed by atoms with van der Waals surface area (Å²) in [5.74, 6) is -0.162. The number of halogens is 3. The quantitative estimate of drug-likeness (QED) is 0.659. The first kappa shape index (κ1) is 22.8. The van der Waals surface area contributed by atoms with Gasteiger partial charge in [0.05, 0.1) is 0 Å². The second-order valence-corrected chi connectivity index (χ2v) is 6.57. The van der Waals surface area contributed by atoms with Crippen molar-refractivity contribution in [3.05, 3.63) is 66.0 Å². The molecule has 2 aromatic carbocycles. The molecule has 2 nitrogen and oxygen atoms in total. The second kappa shape index (κ2) is 11.4. The van der Waals surface area contributed by atoms with Crippen molar-refractivity contribution < 1.29 is 4.39 Å². The van der Waals surface area contributed by atoms with E-state index in [1.165, 1.54) is 18.4 Å². The van der Waals surface area contributed by atoms with E-state index in [1.54, 1.807) is 12.1 Å². The van der Waals surface area contributed by atoms with Crippen LogP contribution in [0.4, 0.5) is 10.1 Å². The fourth-order valence-corrected chi connectivity index (χ4v) is 3.67. The van der Waals surface area contributed by atoms with Crippen LogP contribution < -0.4 is 4.90 Å². The highest BCUT2D eigenvalue weighted by Crippen LogP contribution is 2.24. The van der Waals surface area contributed by atoms with Crippen LogP contribution in [0.2, 0.25) is 0 Å². The van der Waals surface area contributed by atoms with Gasteiger partial charge in [0, 0.05) is 37.9 Å². The molecule has 0 radical (unpaired) electrons. The minimum Gasteiger partial charge on any atom is -0.369 e. The van der Waals surface area contributed by atoms with Crippen molar-refractivity contribution in [1.29, 1.82) is 0 Å². The van der Waals surface area contributed by atoms with Crippen LogP contribution in [-0.4, -0.2) is 37.1 Å². The molecule has 0 amide bonds. The lowest BCUT2D eigenvalue weighted by molar-refractivity contribution is 0.211. The largest absolute Gasteiger partial charge is 0.369 e. The number of anilines is 1. The summed E-state index contributed by atoms with van der Waals surface area (Å²) in [6, 6.07) is 18.2. The van der Waals surface area contributed by atoms with Crippen LogP contribution in [0.25, 0.3) is 0 Å². The lowest BCUT2D eigenvalue weighted by Gasteiger charge is -2.39. The van der Waals surface area contributed by atoms with Gasteiger partial charge in [-0.15, -0.1) is 24.8 Å². The molecule has 0 saturated carbocycles. The minimum atomic E-state index is -0.162. The summed E-state index contributed by atoms with van der Waals surface area (Å²) in [6.45, 7) is 6.59. The number of hydrogen-bond donors (Lipinski definition) is 0. The summed E-state index contributed by atoms with van der Waals surface area (Å²) in [4.78, 5) is 5.00. The summed E-state index contributed by atoms with van der Waals surface area (Å²) >= 11 is 0. The number of likely N-dealkylation sites (tertiary alicyclic amines) is 1. The van der Waals surface area contributed by atoms with E-state index in [4.69, 9.17) is 0 Å². The number of hydrogen-bond acceptors (Lipinski definition) is 2. The zero-order chi connectivity index (χ0) is 16.8. The van der Waals surface area contributed by atoms with Gasteiger partial charge >= 0.3 is 0 Å². The third-order valence-corrected chi connectivity index (χ3v) is 5.06. The molecule has 1 fully saturated rings. The molecule has 3 rings (SSSR count). The van der Waals surface area contributed by atoms with Gasteiger partial charge in [0.2, 0.25) is 0 Å². The fourth-order valence-electron chi connectivity index (χ4n) is 3.67. The molecule has 0 unspecified atom stereocenters. The van der Waals surface area contributed by atoms with Gasteiger partial charge in [-0.2, -0.15) is 0 Å². The Morgan fingerprint density at radius 1 is 0.962 bits per heavy atom. The highest BCUT2D eigenvalue weighted by atomic mass is 35.5. The Hall–Kier alpha value is -1.29. The number of benzene rings is 2. The Balaban J connectivity index is 0.00000169. The molecule has 1 aliphatic heterocycles. The molecule has 1 aliphatic rings. The molecular formula is C21H29Cl2FN2. The molecule has 5 heteroatoms. The predicted octanol–water partition coefficient (Wildman–Crippen LogP) is 5.20. The van der Waals surface area contributed by atoms with Gasteiger partial charge in [-0.25, -0.2) is 4.39 Å². The van der Waals surface area contributed by atoms with Crippen molar-refractivity contribution in [2.45, 2.75) is 32.2 Å². The molecule has 0 atom stereocenters. The molecule has 1 saturated heterocycles. The van der Waals surface area contributed by atoms with Gasteiger partial charge in [0.25, 0.3) is 0 Å². The fraction of sp³-hybridized carbons (Fsp3) is 0.429. The SMILES string of the molecule is CCN(c1ccc(F)cc1)C1CCN(CCc2ccccc2)CC1.Cl.Cl. The Morgan fingerprint density at radius 2 is 1.58 bits per heavy atom. The first-order valence-electron chi connectivity index (χ1n) is 9.04. The van der Waals surface area contributed by atoms with Crippen molar-refractivity contribution in [3.8, 4) is 0 Å². The van der Waals surface area contributed by atoms with Crippen LogP contribution in [0.15, 0.2) is 54.6 Å². The Morgan fingerprint density at radius 3 is 2.15 bits per heavy atom. The zero-order valence-electron chi connectivity index (χ0n) is 15.3. The van der Waals surface area contributed by atoms with E-state index < -0.39 is 0 Å². The van der Waals surface area contributed by atoms with E-state index in [-0.39, 0.29) is 30.6 Å². The van der Waals surface area contributed by atoms with E-state index in [2.05, 4.69) is 47.1 Å². The number of nitrogens with zero attached hydrogens (tertiary/aromatic N) is 2. The van der Waals surface area contributed by atoms with Crippen LogP contribution in [0.1, 0.15) is 25.3 Å². The van der Waals surface area contributed by atoms with Crippen molar-refractivity contribution in [3.63, 3.8) is 0 Å². The van der Waals surface area contributed by atoms with Gasteiger partial charge in [-0.3, -0.25) is 0 Å². The second-order valence-electron chi connectivity index (χ2n) is 6.57. The van der Waals surface area contributed by atoms with E-state index >= 15 is 0 Å². The predicted molar refractivity (Wildman–Crippen MR) is 114 cm³/mol. The standard InChI is InChI=1S/C21H27FN2.2ClH/c1-2-24(20-10-8-19(22)9-11-20)21-13-16-23(17-14-21)15-12-18-6-4-3-5-7-18;;/h3-11,21H,2,12-17H2,1H3;2*1H. The van der Waals surface area contributed by atoms with E-state index in [1.807, 2.05) is 12.1 Å². The van der Waals surface area contributed by atoms with Crippen LogP contribution >= 0.6 is 24.8 Å². The third-order valence-electron chi connectivity index (χ3n) is 5.06. The Kier molecular flexibility index (Phi) is 10.0. The van der Waals surface area contributed by atoms with Crippen molar-refractivity contribution in [1.82, 2.24) is 4.90 Å². The van der Waals surface area contributed by atoms with Crippen LogP contribution in [0.5, 0.6) is 0 Å². The molecule has 144 valence electrons. The molecule has 2 aromatic rings. The summed E-state index contributed by atoms with van der Waals surface area (Å²) in [7, 11) is 0. The highest BCUT2D eigenvalue weighted by molar-refractivity contribution is 5.85. The van der Waals surface area contributed by atoms with Gasteiger partial charge in [-0.05, 0) is 56.0 Å². The third kappa shape index (κ3) is 6.15. The molecule has 0 N–H and O–H groups in total. The van der Waals surface area contributed by atoms with Gasteiger partial charge in [0.1, 0.15) is 5.82 Å². The topological polar surface area (TPSA) is 6.48 Å². The maximum atomic E-state index is 13.1. The van der Waals surface area contributed by atoms with E-state index in [0.717, 1.165) is 38.3 Å². The average Bonchev–Trinajstić information content (AvgIpc) is 2.64. The zero-order valence-corrected chi connectivity index (χ0v) is 16.9.